The van der Waals surface area contributed by atoms with E-state index in [1.54, 1.807) is 4.90 Å². The summed E-state index contributed by atoms with van der Waals surface area (Å²) in [4.78, 5) is 31.2. The highest BCUT2D eigenvalue weighted by Crippen LogP contribution is 2.28. The first kappa shape index (κ1) is 21.3. The maximum absolute atomic E-state index is 13.0. The lowest BCUT2D eigenvalue weighted by Crippen LogP contribution is -2.52. The maximum atomic E-state index is 13.0. The van der Waals surface area contributed by atoms with Gasteiger partial charge in [-0.1, -0.05) is 30.3 Å². The molecule has 1 heterocycles. The molecule has 2 aliphatic rings. The number of amides is 2. The summed E-state index contributed by atoms with van der Waals surface area (Å²) in [6.45, 7) is 3.44. The minimum atomic E-state index is -0.339. The largest absolute Gasteiger partial charge is 0.484 e. The fourth-order valence-electron chi connectivity index (χ4n) is 3.79. The van der Waals surface area contributed by atoms with Gasteiger partial charge in [0.15, 0.2) is 6.61 Å². The topological polar surface area (TPSA) is 53.1 Å². The third-order valence-corrected chi connectivity index (χ3v) is 5.76. The first-order valence-electron chi connectivity index (χ1n) is 10.8. The number of ether oxygens (including phenoxy) is 1. The lowest BCUT2D eigenvalue weighted by Gasteiger charge is -2.35. The van der Waals surface area contributed by atoms with Gasteiger partial charge < -0.3 is 14.5 Å². The van der Waals surface area contributed by atoms with E-state index in [1.165, 1.54) is 24.3 Å². The second kappa shape index (κ2) is 9.92. The predicted molar refractivity (Wildman–Crippen MR) is 115 cm³/mol. The number of carbonyl (C=O) groups excluding carboxylic acids is 2. The second-order valence-corrected chi connectivity index (χ2v) is 8.14. The molecular formula is C24H28FN3O3. The first-order valence-corrected chi connectivity index (χ1v) is 10.8. The average Bonchev–Trinajstić information content (AvgIpc) is 3.63. The molecule has 0 aromatic heterocycles. The van der Waals surface area contributed by atoms with Crippen molar-refractivity contribution in [3.63, 3.8) is 0 Å². The van der Waals surface area contributed by atoms with Crippen molar-refractivity contribution in [2.75, 3.05) is 39.3 Å². The lowest BCUT2D eigenvalue weighted by molar-refractivity contribution is -0.137. The standard InChI is InChI=1S/C24H28FN3O3/c25-20-6-10-22(11-7-20)31-18-24(30)27-14-12-26(13-15-27)17-23(29)28(21-8-9-21)16-19-4-2-1-3-5-19/h1-7,10-11,21H,8-9,12-18H2. The Balaban J connectivity index is 1.22. The van der Waals surface area contributed by atoms with Gasteiger partial charge in [-0.2, -0.15) is 0 Å². The summed E-state index contributed by atoms with van der Waals surface area (Å²) in [6, 6.07) is 16.1. The predicted octanol–water partition coefficient (Wildman–Crippen LogP) is 2.54. The fraction of sp³-hybridized carbons (Fsp3) is 0.417. The number of rotatable bonds is 8. The molecule has 31 heavy (non-hydrogen) atoms. The second-order valence-electron chi connectivity index (χ2n) is 8.14. The number of carbonyl (C=O) groups is 2. The van der Waals surface area contributed by atoms with Crippen LogP contribution < -0.4 is 4.74 Å². The highest BCUT2D eigenvalue weighted by atomic mass is 19.1. The summed E-state index contributed by atoms with van der Waals surface area (Å²) in [5.41, 5.74) is 1.15. The van der Waals surface area contributed by atoms with E-state index in [-0.39, 0.29) is 24.2 Å². The molecule has 0 atom stereocenters. The number of halogens is 1. The molecule has 1 saturated carbocycles. The van der Waals surface area contributed by atoms with Crippen molar-refractivity contribution in [3.8, 4) is 5.75 Å². The molecule has 2 fully saturated rings. The average molecular weight is 426 g/mol. The van der Waals surface area contributed by atoms with Crippen LogP contribution in [0.2, 0.25) is 0 Å². The van der Waals surface area contributed by atoms with Gasteiger partial charge in [0, 0.05) is 38.8 Å². The number of nitrogens with zero attached hydrogens (tertiary/aromatic N) is 3. The van der Waals surface area contributed by atoms with Crippen LogP contribution in [0.25, 0.3) is 0 Å². The van der Waals surface area contributed by atoms with Gasteiger partial charge in [-0.05, 0) is 42.7 Å². The van der Waals surface area contributed by atoms with Crippen LogP contribution in [-0.4, -0.2) is 71.9 Å². The molecule has 0 radical (unpaired) electrons. The molecule has 4 rings (SSSR count). The molecule has 1 aliphatic heterocycles. The van der Waals surface area contributed by atoms with Crippen molar-refractivity contribution >= 4 is 11.8 Å². The zero-order valence-corrected chi connectivity index (χ0v) is 17.6. The normalized spacial score (nSPS) is 16.7. The molecule has 1 saturated heterocycles. The van der Waals surface area contributed by atoms with Crippen molar-refractivity contribution in [3.05, 3.63) is 66.0 Å². The van der Waals surface area contributed by atoms with Crippen LogP contribution in [0.4, 0.5) is 4.39 Å². The van der Waals surface area contributed by atoms with E-state index in [4.69, 9.17) is 4.74 Å². The van der Waals surface area contributed by atoms with E-state index in [0.29, 0.717) is 51.1 Å². The van der Waals surface area contributed by atoms with Gasteiger partial charge in [0.1, 0.15) is 11.6 Å². The molecule has 0 unspecified atom stereocenters. The quantitative estimate of drug-likeness (QED) is 0.652. The Labute approximate surface area is 182 Å². The molecule has 0 spiro atoms. The van der Waals surface area contributed by atoms with Crippen LogP contribution in [0.5, 0.6) is 5.75 Å². The van der Waals surface area contributed by atoms with Crippen LogP contribution in [0.15, 0.2) is 54.6 Å². The van der Waals surface area contributed by atoms with Crippen LogP contribution in [0.3, 0.4) is 0 Å². The number of hydrogen-bond donors (Lipinski definition) is 0. The fourth-order valence-corrected chi connectivity index (χ4v) is 3.79. The highest BCUT2D eigenvalue weighted by molar-refractivity contribution is 5.79. The molecule has 7 heteroatoms. The summed E-state index contributed by atoms with van der Waals surface area (Å²) in [5.74, 6) is 0.190. The van der Waals surface area contributed by atoms with Crippen LogP contribution in [0.1, 0.15) is 18.4 Å². The third-order valence-electron chi connectivity index (χ3n) is 5.76. The van der Waals surface area contributed by atoms with Crippen molar-refractivity contribution in [1.82, 2.24) is 14.7 Å². The summed E-state index contributed by atoms with van der Waals surface area (Å²) < 4.78 is 18.4. The van der Waals surface area contributed by atoms with Gasteiger partial charge in [-0.25, -0.2) is 4.39 Å². The van der Waals surface area contributed by atoms with Gasteiger partial charge in [-0.3, -0.25) is 14.5 Å². The zero-order valence-electron chi connectivity index (χ0n) is 17.6. The first-order chi connectivity index (χ1) is 15.1. The summed E-state index contributed by atoms with van der Waals surface area (Å²) in [6.07, 6.45) is 2.16. The SMILES string of the molecule is O=C(COc1ccc(F)cc1)N1CCN(CC(=O)N(Cc2ccccc2)C2CC2)CC1. The lowest BCUT2D eigenvalue weighted by atomic mass is 10.2. The Bertz CT molecular complexity index is 879. The Hall–Kier alpha value is -2.93. The van der Waals surface area contributed by atoms with E-state index in [0.717, 1.165) is 18.4 Å². The van der Waals surface area contributed by atoms with Gasteiger partial charge >= 0.3 is 0 Å². The third kappa shape index (κ3) is 6.04. The highest BCUT2D eigenvalue weighted by Gasteiger charge is 2.33. The minimum Gasteiger partial charge on any atom is -0.484 e. The maximum Gasteiger partial charge on any atom is 0.260 e. The summed E-state index contributed by atoms with van der Waals surface area (Å²) in [7, 11) is 0. The van der Waals surface area contributed by atoms with E-state index in [2.05, 4.69) is 17.0 Å². The number of benzene rings is 2. The summed E-state index contributed by atoms with van der Waals surface area (Å²) >= 11 is 0. The summed E-state index contributed by atoms with van der Waals surface area (Å²) in [5, 5.41) is 0. The van der Waals surface area contributed by atoms with Crippen LogP contribution in [0, 0.1) is 5.82 Å². The number of piperazine rings is 1. The molecule has 2 amide bonds. The molecule has 1 aliphatic carbocycles. The molecule has 164 valence electrons. The van der Waals surface area contributed by atoms with E-state index < -0.39 is 0 Å². The van der Waals surface area contributed by atoms with Crippen molar-refractivity contribution < 1.29 is 18.7 Å². The molecule has 0 bridgehead atoms. The monoisotopic (exact) mass is 425 g/mol. The van der Waals surface area contributed by atoms with Gasteiger partial charge in [-0.15, -0.1) is 0 Å². The van der Waals surface area contributed by atoms with Gasteiger partial charge in [0.05, 0.1) is 6.54 Å². The Morgan fingerprint density at radius 1 is 0.968 bits per heavy atom. The molecular weight excluding hydrogens is 397 g/mol. The smallest absolute Gasteiger partial charge is 0.260 e. The molecule has 0 N–H and O–H groups in total. The molecule has 2 aromatic rings. The zero-order chi connectivity index (χ0) is 21.6. The van der Waals surface area contributed by atoms with E-state index >= 15 is 0 Å². The Morgan fingerprint density at radius 3 is 2.29 bits per heavy atom. The van der Waals surface area contributed by atoms with Gasteiger partial charge in [0.2, 0.25) is 5.91 Å². The van der Waals surface area contributed by atoms with Crippen molar-refractivity contribution in [2.45, 2.75) is 25.4 Å². The van der Waals surface area contributed by atoms with E-state index in [9.17, 15) is 14.0 Å². The van der Waals surface area contributed by atoms with Gasteiger partial charge in [0.25, 0.3) is 5.91 Å². The Morgan fingerprint density at radius 2 is 1.65 bits per heavy atom. The minimum absolute atomic E-state index is 0.0723. The molecule has 6 nitrogen and oxygen atoms in total. The Kier molecular flexibility index (Phi) is 6.82. The molecule has 2 aromatic carbocycles. The van der Waals surface area contributed by atoms with Crippen LogP contribution >= 0.6 is 0 Å². The van der Waals surface area contributed by atoms with Crippen molar-refractivity contribution in [2.24, 2.45) is 0 Å². The van der Waals surface area contributed by atoms with E-state index in [1.807, 2.05) is 23.1 Å². The number of hydrogen-bond acceptors (Lipinski definition) is 4. The van der Waals surface area contributed by atoms with Crippen LogP contribution in [-0.2, 0) is 16.1 Å². The van der Waals surface area contributed by atoms with Crippen molar-refractivity contribution in [1.29, 1.82) is 0 Å².